The number of rotatable bonds is 6. The molecule has 0 aliphatic carbocycles. The predicted molar refractivity (Wildman–Crippen MR) is 105 cm³/mol. The third-order valence-electron chi connectivity index (χ3n) is 4.02. The lowest BCUT2D eigenvalue weighted by molar-refractivity contribution is -0.118. The molecule has 134 valence electrons. The molecular weight excluding hydrogens is 346 g/mol. The van der Waals surface area contributed by atoms with Crippen LogP contribution in [0.1, 0.15) is 31.1 Å². The molecule has 0 aliphatic heterocycles. The molecule has 0 saturated heterocycles. The van der Waals surface area contributed by atoms with Gasteiger partial charge < -0.3 is 5.32 Å². The second-order valence-corrected chi connectivity index (χ2v) is 7.69. The number of imidazole rings is 1. The van der Waals surface area contributed by atoms with Crippen LogP contribution in [0.4, 0.5) is 5.69 Å². The largest absolute Gasteiger partial charge is 0.326 e. The fraction of sp³-hybridized carbons (Fsp3) is 0.250. The Kier molecular flexibility index (Phi) is 5.42. The minimum atomic E-state index is -0.267. The first-order valence-corrected chi connectivity index (χ1v) is 9.37. The molecule has 0 bridgehead atoms. The van der Waals surface area contributed by atoms with Crippen LogP contribution in [0.3, 0.4) is 0 Å². The number of pyridine rings is 1. The van der Waals surface area contributed by atoms with Gasteiger partial charge in [-0.25, -0.2) is 4.98 Å². The minimum Gasteiger partial charge on any atom is -0.326 e. The van der Waals surface area contributed by atoms with Gasteiger partial charge in [-0.15, -0.1) is 0 Å². The Morgan fingerprint density at radius 2 is 1.81 bits per heavy atom. The van der Waals surface area contributed by atoms with Crippen molar-refractivity contribution in [2.24, 2.45) is 5.92 Å². The summed E-state index contributed by atoms with van der Waals surface area (Å²) in [5, 5.41) is 3.35. The number of fused-ring (bicyclic) bond motifs is 1. The van der Waals surface area contributed by atoms with Crippen molar-refractivity contribution in [3.63, 3.8) is 0 Å². The Morgan fingerprint density at radius 1 is 1.08 bits per heavy atom. The number of amides is 1. The van der Waals surface area contributed by atoms with Gasteiger partial charge in [0, 0.05) is 23.4 Å². The van der Waals surface area contributed by atoms with Crippen molar-refractivity contribution in [1.82, 2.24) is 9.38 Å². The van der Waals surface area contributed by atoms with Gasteiger partial charge in [0.15, 0.2) is 10.9 Å². The van der Waals surface area contributed by atoms with E-state index >= 15 is 0 Å². The number of aromatic nitrogens is 2. The highest BCUT2D eigenvalue weighted by molar-refractivity contribution is 8.00. The zero-order valence-electron chi connectivity index (χ0n) is 15.0. The molecule has 0 fully saturated rings. The summed E-state index contributed by atoms with van der Waals surface area (Å²) in [4.78, 5) is 28.8. The smallest absolute Gasteiger partial charge is 0.226 e. The maximum Gasteiger partial charge on any atom is 0.226 e. The third-order valence-corrected chi connectivity index (χ3v) is 5.10. The van der Waals surface area contributed by atoms with Crippen LogP contribution in [0.15, 0.2) is 60.0 Å². The third kappa shape index (κ3) is 3.96. The molecule has 5 nitrogen and oxygen atoms in total. The van der Waals surface area contributed by atoms with E-state index in [0.717, 1.165) is 10.7 Å². The van der Waals surface area contributed by atoms with Crippen LogP contribution in [0.5, 0.6) is 0 Å². The monoisotopic (exact) mass is 367 g/mol. The van der Waals surface area contributed by atoms with E-state index in [9.17, 15) is 9.59 Å². The van der Waals surface area contributed by atoms with Gasteiger partial charge in [-0.3, -0.25) is 14.0 Å². The van der Waals surface area contributed by atoms with Crippen molar-refractivity contribution in [2.75, 3.05) is 5.32 Å². The molecule has 0 saturated carbocycles. The van der Waals surface area contributed by atoms with Crippen LogP contribution < -0.4 is 5.32 Å². The quantitative estimate of drug-likeness (QED) is 0.521. The fourth-order valence-corrected chi connectivity index (χ4v) is 3.41. The van der Waals surface area contributed by atoms with Gasteiger partial charge in [0.25, 0.3) is 0 Å². The van der Waals surface area contributed by atoms with E-state index in [1.807, 2.05) is 49.6 Å². The summed E-state index contributed by atoms with van der Waals surface area (Å²) in [5.74, 6) is -0.0966. The van der Waals surface area contributed by atoms with E-state index in [1.54, 1.807) is 30.5 Å². The zero-order valence-corrected chi connectivity index (χ0v) is 15.8. The summed E-state index contributed by atoms with van der Waals surface area (Å²) >= 11 is 1.43. The maximum absolute atomic E-state index is 12.7. The van der Waals surface area contributed by atoms with Crippen LogP contribution in [0, 0.1) is 5.92 Å². The predicted octanol–water partition coefficient (Wildman–Crippen LogP) is 4.29. The van der Waals surface area contributed by atoms with Gasteiger partial charge >= 0.3 is 0 Å². The summed E-state index contributed by atoms with van der Waals surface area (Å²) in [5.41, 5.74) is 2.31. The number of anilines is 1. The second-order valence-electron chi connectivity index (χ2n) is 6.38. The molecule has 3 aromatic rings. The molecule has 1 unspecified atom stereocenters. The number of benzene rings is 1. The number of Topliss-reactive ketones (excluding diaryl/α,β-unsaturated/α-hetero) is 1. The number of nitrogens with zero attached hydrogens (tertiary/aromatic N) is 2. The molecule has 0 spiro atoms. The second kappa shape index (κ2) is 7.74. The molecule has 2 heterocycles. The number of carbonyl (C=O) groups is 2. The lowest BCUT2D eigenvalue weighted by Crippen LogP contribution is -2.18. The molecule has 6 heteroatoms. The number of hydrogen-bond donors (Lipinski definition) is 1. The van der Waals surface area contributed by atoms with Crippen LogP contribution in [-0.2, 0) is 4.79 Å². The topological polar surface area (TPSA) is 63.5 Å². The Balaban J connectivity index is 1.69. The number of thioether (sulfide) groups is 1. The van der Waals surface area contributed by atoms with Gasteiger partial charge in [0.05, 0.1) is 17.0 Å². The highest BCUT2D eigenvalue weighted by Crippen LogP contribution is 2.26. The van der Waals surface area contributed by atoms with Crippen molar-refractivity contribution >= 4 is 34.7 Å². The van der Waals surface area contributed by atoms with Crippen LogP contribution in [0.25, 0.3) is 5.52 Å². The van der Waals surface area contributed by atoms with Gasteiger partial charge in [-0.1, -0.05) is 31.7 Å². The summed E-state index contributed by atoms with van der Waals surface area (Å²) in [7, 11) is 0. The Labute approximate surface area is 156 Å². The number of carbonyl (C=O) groups excluding carboxylic acids is 2. The van der Waals surface area contributed by atoms with Gasteiger partial charge in [0.2, 0.25) is 5.91 Å². The van der Waals surface area contributed by atoms with Crippen molar-refractivity contribution < 1.29 is 9.59 Å². The Morgan fingerprint density at radius 3 is 2.50 bits per heavy atom. The lowest BCUT2D eigenvalue weighted by atomic mass is 10.1. The average molecular weight is 367 g/mol. The molecule has 1 aromatic carbocycles. The van der Waals surface area contributed by atoms with Crippen molar-refractivity contribution in [3.05, 3.63) is 60.4 Å². The van der Waals surface area contributed by atoms with Gasteiger partial charge in [-0.05, 0) is 43.3 Å². The minimum absolute atomic E-state index is 0.0319. The summed E-state index contributed by atoms with van der Waals surface area (Å²) in [6.07, 6.45) is 3.74. The SMILES string of the molecule is CC(C)C(=O)Nc1ccc(C(=O)C(C)Sc2ncc3ccccn23)cc1. The van der Waals surface area contributed by atoms with Crippen LogP contribution in [0.2, 0.25) is 0 Å². The maximum atomic E-state index is 12.7. The van der Waals surface area contributed by atoms with Crippen LogP contribution >= 0.6 is 11.8 Å². The Bertz CT molecular complexity index is 932. The molecule has 0 radical (unpaired) electrons. The van der Waals surface area contributed by atoms with Crippen LogP contribution in [-0.4, -0.2) is 26.3 Å². The molecule has 3 rings (SSSR count). The molecule has 1 atom stereocenters. The van der Waals surface area contributed by atoms with Gasteiger partial charge in [0.1, 0.15) is 0 Å². The number of nitrogens with one attached hydrogen (secondary N) is 1. The number of hydrogen-bond acceptors (Lipinski definition) is 4. The molecule has 1 amide bonds. The fourth-order valence-electron chi connectivity index (χ4n) is 2.46. The Hall–Kier alpha value is -2.60. The molecule has 26 heavy (non-hydrogen) atoms. The normalized spacial score (nSPS) is 12.3. The lowest BCUT2D eigenvalue weighted by Gasteiger charge is -2.11. The van der Waals surface area contributed by atoms with E-state index in [2.05, 4.69) is 10.3 Å². The van der Waals surface area contributed by atoms with Crippen molar-refractivity contribution in [1.29, 1.82) is 0 Å². The number of ketones is 1. The zero-order chi connectivity index (χ0) is 18.7. The standard InChI is InChI=1S/C20H21N3O2S/c1-13(2)19(25)22-16-9-7-15(8-10-16)18(24)14(3)26-20-21-12-17-6-4-5-11-23(17)20/h4-14H,1-3H3,(H,22,25). The summed E-state index contributed by atoms with van der Waals surface area (Å²) in [6, 6.07) is 12.9. The first-order valence-electron chi connectivity index (χ1n) is 8.49. The molecule has 0 aliphatic rings. The molecular formula is C20H21N3O2S. The first kappa shape index (κ1) is 18.2. The van der Waals surface area contributed by atoms with Gasteiger partial charge in [-0.2, -0.15) is 0 Å². The average Bonchev–Trinajstić information content (AvgIpc) is 3.04. The highest BCUT2D eigenvalue weighted by atomic mass is 32.2. The van der Waals surface area contributed by atoms with Crippen molar-refractivity contribution in [3.8, 4) is 0 Å². The van der Waals surface area contributed by atoms with E-state index < -0.39 is 0 Å². The summed E-state index contributed by atoms with van der Waals surface area (Å²) in [6.45, 7) is 5.56. The molecule has 2 aromatic heterocycles. The van der Waals surface area contributed by atoms with E-state index in [1.165, 1.54) is 11.8 Å². The van der Waals surface area contributed by atoms with E-state index in [-0.39, 0.29) is 22.9 Å². The molecule has 1 N–H and O–H groups in total. The van der Waals surface area contributed by atoms with E-state index in [4.69, 9.17) is 0 Å². The first-order chi connectivity index (χ1) is 12.5. The summed E-state index contributed by atoms with van der Waals surface area (Å²) < 4.78 is 1.97. The highest BCUT2D eigenvalue weighted by Gasteiger charge is 2.19. The van der Waals surface area contributed by atoms with Crippen molar-refractivity contribution in [2.45, 2.75) is 31.2 Å². The van der Waals surface area contributed by atoms with E-state index in [0.29, 0.717) is 11.3 Å².